The molecule has 1 rings (SSSR count). The van der Waals surface area contributed by atoms with Crippen LogP contribution in [0.25, 0.3) is 0 Å². The normalized spacial score (nSPS) is 23.6. The Labute approximate surface area is 53.7 Å². The Morgan fingerprint density at radius 3 is 2.56 bits per heavy atom. The molecule has 0 aromatic rings. The molecule has 0 bridgehead atoms. The minimum atomic E-state index is -0.758. The molecule has 0 fully saturated rings. The predicted octanol–water partition coefficient (Wildman–Crippen LogP) is 0.00190. The topological polar surface area (TPSA) is 72.3 Å². The van der Waals surface area contributed by atoms with Crippen molar-refractivity contribution < 1.29 is 5.11 Å². The van der Waals surface area contributed by atoms with E-state index in [-0.39, 0.29) is 5.76 Å². The highest BCUT2D eigenvalue weighted by atomic mass is 16.3. The lowest BCUT2D eigenvalue weighted by molar-refractivity contribution is 0.414. The summed E-state index contributed by atoms with van der Waals surface area (Å²) in [5.74, 6) is 0.238. The van der Waals surface area contributed by atoms with Crippen LogP contribution >= 0.6 is 0 Å². The van der Waals surface area contributed by atoms with Gasteiger partial charge in [-0.3, -0.25) is 0 Å². The lowest BCUT2D eigenvalue weighted by Crippen LogP contribution is -2.47. The molecule has 0 saturated heterocycles. The molecule has 0 aromatic heterocycles. The van der Waals surface area contributed by atoms with Gasteiger partial charge in [0.1, 0.15) is 5.76 Å². The van der Waals surface area contributed by atoms with Crippen LogP contribution in [0.15, 0.2) is 24.0 Å². The van der Waals surface area contributed by atoms with E-state index in [1.54, 1.807) is 12.2 Å². The number of hydrogen-bond acceptors (Lipinski definition) is 3. The van der Waals surface area contributed by atoms with Crippen molar-refractivity contribution in [3.05, 3.63) is 24.0 Å². The summed E-state index contributed by atoms with van der Waals surface area (Å²) in [6.45, 7) is 0. The average molecular weight is 126 g/mol. The number of aliphatic hydroxyl groups excluding tert-OH is 1. The third-order valence-electron chi connectivity index (χ3n) is 1.23. The second kappa shape index (κ2) is 1.86. The first-order valence-corrected chi connectivity index (χ1v) is 2.76. The fourth-order valence-corrected chi connectivity index (χ4v) is 0.658. The zero-order valence-corrected chi connectivity index (χ0v) is 5.04. The molecule has 9 heavy (non-hydrogen) atoms. The Morgan fingerprint density at radius 1 is 1.56 bits per heavy atom. The second-order valence-electron chi connectivity index (χ2n) is 2.28. The molecule has 0 aliphatic heterocycles. The van der Waals surface area contributed by atoms with Crippen molar-refractivity contribution in [3.8, 4) is 0 Å². The molecule has 0 unspecified atom stereocenters. The Balaban J connectivity index is 2.70. The standard InChI is InChI=1S/C6H10N2O/c7-6(8)3-1-5(9)2-4-6/h1-3,9H,4,7-8H2. The molecule has 1 aliphatic carbocycles. The summed E-state index contributed by atoms with van der Waals surface area (Å²) in [7, 11) is 0. The van der Waals surface area contributed by atoms with Crippen LogP contribution in [-0.2, 0) is 0 Å². The van der Waals surface area contributed by atoms with Gasteiger partial charge in [0.05, 0.1) is 5.66 Å². The molecule has 3 heteroatoms. The molecule has 0 amide bonds. The van der Waals surface area contributed by atoms with Crippen LogP contribution < -0.4 is 11.5 Å². The summed E-state index contributed by atoms with van der Waals surface area (Å²) < 4.78 is 0. The molecule has 0 radical (unpaired) electrons. The lowest BCUT2D eigenvalue weighted by Gasteiger charge is -2.20. The van der Waals surface area contributed by atoms with Gasteiger partial charge in [0.15, 0.2) is 0 Å². The average Bonchev–Trinajstić information content (AvgIpc) is 1.78. The van der Waals surface area contributed by atoms with Gasteiger partial charge in [-0.25, -0.2) is 0 Å². The third kappa shape index (κ3) is 1.55. The summed E-state index contributed by atoms with van der Waals surface area (Å²) in [4.78, 5) is 0. The lowest BCUT2D eigenvalue weighted by atomic mass is 10.0. The zero-order chi connectivity index (χ0) is 6.91. The van der Waals surface area contributed by atoms with E-state index in [2.05, 4.69) is 0 Å². The molecule has 0 spiro atoms. The van der Waals surface area contributed by atoms with E-state index in [0.717, 1.165) is 0 Å². The largest absolute Gasteiger partial charge is 0.508 e. The van der Waals surface area contributed by atoms with Crippen LogP contribution in [0.5, 0.6) is 0 Å². The molecule has 1 aliphatic rings. The zero-order valence-electron chi connectivity index (χ0n) is 5.04. The van der Waals surface area contributed by atoms with Crippen LogP contribution in [0.2, 0.25) is 0 Å². The second-order valence-corrected chi connectivity index (χ2v) is 2.28. The summed E-state index contributed by atoms with van der Waals surface area (Å²) in [6.07, 6.45) is 5.18. The van der Waals surface area contributed by atoms with Gasteiger partial charge in [0, 0.05) is 6.42 Å². The highest BCUT2D eigenvalue weighted by molar-refractivity contribution is 5.22. The van der Waals surface area contributed by atoms with Gasteiger partial charge in [-0.1, -0.05) is 0 Å². The first-order chi connectivity index (χ1) is 4.10. The fraction of sp³-hybridized carbons (Fsp3) is 0.333. The van der Waals surface area contributed by atoms with Crippen molar-refractivity contribution >= 4 is 0 Å². The Morgan fingerprint density at radius 2 is 2.22 bits per heavy atom. The van der Waals surface area contributed by atoms with Gasteiger partial charge >= 0.3 is 0 Å². The molecular formula is C6H10N2O. The Kier molecular flexibility index (Phi) is 1.31. The highest BCUT2D eigenvalue weighted by Crippen LogP contribution is 2.10. The Bertz CT molecular complexity index is 170. The number of allylic oxidation sites excluding steroid dienone is 1. The van der Waals surface area contributed by atoms with E-state index in [1.165, 1.54) is 6.08 Å². The summed E-state index contributed by atoms with van der Waals surface area (Å²) in [6, 6.07) is 0. The first-order valence-electron chi connectivity index (χ1n) is 2.76. The van der Waals surface area contributed by atoms with Crippen LogP contribution in [0.4, 0.5) is 0 Å². The van der Waals surface area contributed by atoms with Crippen LogP contribution in [0.1, 0.15) is 6.42 Å². The van der Waals surface area contributed by atoms with Crippen molar-refractivity contribution in [2.24, 2.45) is 11.5 Å². The molecule has 50 valence electrons. The van der Waals surface area contributed by atoms with Crippen molar-refractivity contribution in [2.45, 2.75) is 12.1 Å². The maximum absolute atomic E-state index is 8.80. The minimum absolute atomic E-state index is 0.238. The molecule has 3 nitrogen and oxygen atoms in total. The Hall–Kier alpha value is -0.800. The summed E-state index contributed by atoms with van der Waals surface area (Å²) >= 11 is 0. The maximum atomic E-state index is 8.80. The summed E-state index contributed by atoms with van der Waals surface area (Å²) in [5.41, 5.74) is 10.2. The molecule has 5 N–H and O–H groups in total. The number of nitrogens with two attached hydrogens (primary N) is 2. The SMILES string of the molecule is NC1(N)C=CC(O)=CC1. The summed E-state index contributed by atoms with van der Waals surface area (Å²) in [5, 5.41) is 8.80. The predicted molar refractivity (Wildman–Crippen MR) is 35.6 cm³/mol. The van der Waals surface area contributed by atoms with Crippen molar-refractivity contribution in [2.75, 3.05) is 0 Å². The van der Waals surface area contributed by atoms with E-state index >= 15 is 0 Å². The van der Waals surface area contributed by atoms with Crippen molar-refractivity contribution in [1.82, 2.24) is 0 Å². The molecular weight excluding hydrogens is 116 g/mol. The van der Waals surface area contributed by atoms with Crippen molar-refractivity contribution in [1.29, 1.82) is 0 Å². The van der Waals surface area contributed by atoms with Gasteiger partial charge in [0.2, 0.25) is 0 Å². The minimum Gasteiger partial charge on any atom is -0.508 e. The van der Waals surface area contributed by atoms with Gasteiger partial charge in [-0.05, 0) is 18.2 Å². The smallest absolute Gasteiger partial charge is 0.111 e. The van der Waals surface area contributed by atoms with Crippen LogP contribution in [0.3, 0.4) is 0 Å². The molecule has 0 saturated carbocycles. The monoisotopic (exact) mass is 126 g/mol. The van der Waals surface area contributed by atoms with E-state index in [0.29, 0.717) is 6.42 Å². The van der Waals surface area contributed by atoms with Crippen LogP contribution in [-0.4, -0.2) is 10.8 Å². The van der Waals surface area contributed by atoms with E-state index < -0.39 is 5.66 Å². The molecule has 0 aromatic carbocycles. The third-order valence-corrected chi connectivity index (χ3v) is 1.23. The van der Waals surface area contributed by atoms with Gasteiger partial charge in [-0.2, -0.15) is 0 Å². The number of hydrogen-bond donors (Lipinski definition) is 3. The van der Waals surface area contributed by atoms with Gasteiger partial charge in [0.25, 0.3) is 0 Å². The quantitative estimate of drug-likeness (QED) is 0.400. The van der Waals surface area contributed by atoms with Gasteiger partial charge in [-0.15, -0.1) is 0 Å². The van der Waals surface area contributed by atoms with E-state index in [9.17, 15) is 0 Å². The molecule has 0 heterocycles. The highest BCUT2D eigenvalue weighted by Gasteiger charge is 2.15. The van der Waals surface area contributed by atoms with Crippen LogP contribution in [0, 0.1) is 0 Å². The first kappa shape index (κ1) is 6.32. The van der Waals surface area contributed by atoms with E-state index in [1.807, 2.05) is 0 Å². The number of aliphatic hydroxyl groups is 1. The van der Waals surface area contributed by atoms with Crippen molar-refractivity contribution in [3.63, 3.8) is 0 Å². The van der Waals surface area contributed by atoms with E-state index in [4.69, 9.17) is 16.6 Å². The number of rotatable bonds is 0. The molecule has 0 atom stereocenters. The maximum Gasteiger partial charge on any atom is 0.111 e. The fourth-order valence-electron chi connectivity index (χ4n) is 0.658. The van der Waals surface area contributed by atoms with Gasteiger partial charge < -0.3 is 16.6 Å².